The first-order chi connectivity index (χ1) is 7.25. The lowest BCUT2D eigenvalue weighted by molar-refractivity contribution is 0.194. The summed E-state index contributed by atoms with van der Waals surface area (Å²) in [7, 11) is 1.70. The van der Waals surface area contributed by atoms with Gasteiger partial charge < -0.3 is 10.1 Å². The predicted molar refractivity (Wildman–Crippen MR) is 64.3 cm³/mol. The van der Waals surface area contributed by atoms with Crippen LogP contribution in [0.25, 0.3) is 0 Å². The Hall–Kier alpha value is -0.390. The van der Waals surface area contributed by atoms with Gasteiger partial charge in [0.15, 0.2) is 0 Å². The Labute approximate surface area is 103 Å². The predicted octanol–water partition coefficient (Wildman–Crippen LogP) is 2.73. The molecule has 0 atom stereocenters. The molecule has 1 aromatic heterocycles. The number of methoxy groups -OCH3 is 1. The third-order valence-corrected chi connectivity index (χ3v) is 3.08. The van der Waals surface area contributed by atoms with Crippen LogP contribution in [0, 0.1) is 0 Å². The summed E-state index contributed by atoms with van der Waals surface area (Å²) < 4.78 is 5.66. The van der Waals surface area contributed by atoms with Gasteiger partial charge in [0.05, 0.1) is 4.47 Å². The number of halogens is 2. The molecule has 0 aliphatic rings. The molecular formula is C9H13BrClN3O. The fourth-order valence-corrected chi connectivity index (χ4v) is 1.53. The average Bonchev–Trinajstić information content (AvgIpc) is 2.24. The van der Waals surface area contributed by atoms with Gasteiger partial charge in [-0.3, -0.25) is 0 Å². The van der Waals surface area contributed by atoms with E-state index in [-0.39, 0.29) is 0 Å². The van der Waals surface area contributed by atoms with Crippen LogP contribution in [-0.2, 0) is 4.74 Å². The third-order valence-electron chi connectivity index (χ3n) is 1.81. The van der Waals surface area contributed by atoms with Crippen LogP contribution in [0.2, 0.25) is 5.15 Å². The standard InChI is InChI=1S/C9H13BrClN3O/c1-15-5-3-2-4-12-9-7(10)8(11)13-6-14-9/h6H,2-5H2,1H3,(H,12,13,14). The molecule has 6 heteroatoms. The SMILES string of the molecule is COCCCCNc1ncnc(Cl)c1Br. The molecule has 0 fully saturated rings. The van der Waals surface area contributed by atoms with Crippen molar-refractivity contribution in [3.8, 4) is 0 Å². The first-order valence-corrected chi connectivity index (χ1v) is 5.81. The van der Waals surface area contributed by atoms with E-state index in [1.165, 1.54) is 6.33 Å². The second-order valence-electron chi connectivity index (χ2n) is 2.95. The smallest absolute Gasteiger partial charge is 0.148 e. The van der Waals surface area contributed by atoms with Crippen molar-refractivity contribution in [2.24, 2.45) is 0 Å². The molecule has 1 N–H and O–H groups in total. The summed E-state index contributed by atoms with van der Waals surface area (Å²) in [5, 5.41) is 3.60. The van der Waals surface area contributed by atoms with E-state index in [1.54, 1.807) is 7.11 Å². The molecule has 0 aromatic carbocycles. The van der Waals surface area contributed by atoms with Crippen LogP contribution in [0.1, 0.15) is 12.8 Å². The zero-order valence-corrected chi connectivity index (χ0v) is 10.8. The van der Waals surface area contributed by atoms with Crippen molar-refractivity contribution in [2.75, 3.05) is 25.6 Å². The molecule has 0 bridgehead atoms. The van der Waals surface area contributed by atoms with Crippen molar-refractivity contribution < 1.29 is 4.74 Å². The van der Waals surface area contributed by atoms with E-state index in [1.807, 2.05) is 0 Å². The number of hydrogen-bond acceptors (Lipinski definition) is 4. The van der Waals surface area contributed by atoms with Crippen molar-refractivity contribution in [2.45, 2.75) is 12.8 Å². The van der Waals surface area contributed by atoms with Crippen LogP contribution < -0.4 is 5.32 Å². The van der Waals surface area contributed by atoms with Crippen LogP contribution in [0.5, 0.6) is 0 Å². The maximum Gasteiger partial charge on any atom is 0.148 e. The van der Waals surface area contributed by atoms with E-state index in [4.69, 9.17) is 16.3 Å². The fourth-order valence-electron chi connectivity index (χ4n) is 1.05. The Balaban J connectivity index is 2.34. The molecule has 15 heavy (non-hydrogen) atoms. The van der Waals surface area contributed by atoms with Crippen LogP contribution in [-0.4, -0.2) is 30.2 Å². The Kier molecular flexibility index (Phi) is 5.90. The van der Waals surface area contributed by atoms with Gasteiger partial charge in [0.25, 0.3) is 0 Å². The highest BCUT2D eigenvalue weighted by Crippen LogP contribution is 2.25. The van der Waals surface area contributed by atoms with E-state index in [0.717, 1.165) is 31.8 Å². The molecule has 1 aromatic rings. The first kappa shape index (κ1) is 12.7. The number of rotatable bonds is 6. The summed E-state index contributed by atoms with van der Waals surface area (Å²) in [6.45, 7) is 1.63. The number of aromatic nitrogens is 2. The van der Waals surface area contributed by atoms with Crippen LogP contribution >= 0.6 is 27.5 Å². The lowest BCUT2D eigenvalue weighted by atomic mass is 10.3. The Bertz CT molecular complexity index is 311. The summed E-state index contributed by atoms with van der Waals surface area (Å²) in [5.74, 6) is 0.729. The van der Waals surface area contributed by atoms with Gasteiger partial charge in [0, 0.05) is 20.3 Å². The maximum absolute atomic E-state index is 5.82. The van der Waals surface area contributed by atoms with E-state index in [9.17, 15) is 0 Å². The van der Waals surface area contributed by atoms with Crippen molar-refractivity contribution in [3.05, 3.63) is 16.0 Å². The number of ether oxygens (including phenoxy) is 1. The van der Waals surface area contributed by atoms with Crippen molar-refractivity contribution >= 4 is 33.3 Å². The highest BCUT2D eigenvalue weighted by Gasteiger charge is 2.05. The van der Waals surface area contributed by atoms with E-state index >= 15 is 0 Å². The van der Waals surface area contributed by atoms with Gasteiger partial charge in [0.2, 0.25) is 0 Å². The molecule has 0 amide bonds. The number of nitrogens with one attached hydrogen (secondary N) is 1. The van der Waals surface area contributed by atoms with Gasteiger partial charge in [-0.2, -0.15) is 0 Å². The second kappa shape index (κ2) is 6.98. The highest BCUT2D eigenvalue weighted by atomic mass is 79.9. The van der Waals surface area contributed by atoms with Crippen molar-refractivity contribution in [1.82, 2.24) is 9.97 Å². The normalized spacial score (nSPS) is 10.3. The van der Waals surface area contributed by atoms with Gasteiger partial charge >= 0.3 is 0 Å². The average molecular weight is 295 g/mol. The topological polar surface area (TPSA) is 47.0 Å². The molecule has 4 nitrogen and oxygen atoms in total. The van der Waals surface area contributed by atoms with Crippen molar-refractivity contribution in [3.63, 3.8) is 0 Å². The number of nitrogens with zero attached hydrogens (tertiary/aromatic N) is 2. The molecule has 0 saturated heterocycles. The number of anilines is 1. The van der Waals surface area contributed by atoms with E-state index in [2.05, 4.69) is 31.2 Å². The molecule has 0 aliphatic heterocycles. The summed E-state index contributed by atoms with van der Waals surface area (Å²) in [6, 6.07) is 0. The van der Waals surface area contributed by atoms with Crippen LogP contribution in [0.15, 0.2) is 10.8 Å². The van der Waals surface area contributed by atoms with E-state index < -0.39 is 0 Å². The van der Waals surface area contributed by atoms with Gasteiger partial charge in [-0.15, -0.1) is 0 Å². The largest absolute Gasteiger partial charge is 0.385 e. The van der Waals surface area contributed by atoms with Gasteiger partial charge in [-0.05, 0) is 28.8 Å². The first-order valence-electron chi connectivity index (χ1n) is 4.64. The summed E-state index contributed by atoms with van der Waals surface area (Å²) in [6.07, 6.45) is 3.49. The molecule has 0 saturated carbocycles. The minimum atomic E-state index is 0.421. The zero-order chi connectivity index (χ0) is 11.1. The lowest BCUT2D eigenvalue weighted by Crippen LogP contribution is -2.05. The molecule has 1 heterocycles. The Morgan fingerprint density at radius 1 is 1.47 bits per heavy atom. The molecule has 0 spiro atoms. The quantitative estimate of drug-likeness (QED) is 0.647. The zero-order valence-electron chi connectivity index (χ0n) is 8.46. The van der Waals surface area contributed by atoms with Gasteiger partial charge in [-0.25, -0.2) is 9.97 Å². The summed E-state index contributed by atoms with van der Waals surface area (Å²) in [5.41, 5.74) is 0. The minimum Gasteiger partial charge on any atom is -0.385 e. The number of hydrogen-bond donors (Lipinski definition) is 1. The molecule has 0 radical (unpaired) electrons. The maximum atomic E-state index is 5.82. The van der Waals surface area contributed by atoms with Gasteiger partial charge in [0.1, 0.15) is 17.3 Å². The van der Waals surface area contributed by atoms with Crippen molar-refractivity contribution in [1.29, 1.82) is 0 Å². The molecular weight excluding hydrogens is 281 g/mol. The highest BCUT2D eigenvalue weighted by molar-refractivity contribution is 9.10. The van der Waals surface area contributed by atoms with E-state index in [0.29, 0.717) is 9.63 Å². The Morgan fingerprint density at radius 3 is 3.00 bits per heavy atom. The third kappa shape index (κ3) is 4.32. The second-order valence-corrected chi connectivity index (χ2v) is 4.10. The van der Waals surface area contributed by atoms with Crippen LogP contribution in [0.3, 0.4) is 0 Å². The van der Waals surface area contributed by atoms with Crippen LogP contribution in [0.4, 0.5) is 5.82 Å². The molecule has 0 aliphatic carbocycles. The van der Waals surface area contributed by atoms with Gasteiger partial charge in [-0.1, -0.05) is 11.6 Å². The fraction of sp³-hybridized carbons (Fsp3) is 0.556. The summed E-state index contributed by atoms with van der Waals surface area (Å²) >= 11 is 9.14. The minimum absolute atomic E-state index is 0.421. The Morgan fingerprint density at radius 2 is 2.27 bits per heavy atom. The molecule has 84 valence electrons. The molecule has 0 unspecified atom stereocenters. The lowest BCUT2D eigenvalue weighted by Gasteiger charge is -2.07. The number of unbranched alkanes of at least 4 members (excludes halogenated alkanes) is 1. The monoisotopic (exact) mass is 293 g/mol. The molecule has 1 rings (SSSR count). The summed E-state index contributed by atoms with van der Waals surface area (Å²) in [4.78, 5) is 7.92.